The molecule has 1 rings (SSSR count). The summed E-state index contributed by atoms with van der Waals surface area (Å²) in [5, 5.41) is 2.73. The molecule has 0 fully saturated rings. The maximum absolute atomic E-state index is 12.2. The smallest absolute Gasteiger partial charge is 0.237 e. The van der Waals surface area contributed by atoms with Crippen LogP contribution in [0.3, 0.4) is 0 Å². The van der Waals surface area contributed by atoms with Crippen LogP contribution in [0.5, 0.6) is 0 Å². The number of thiocarbonyl (C=S) groups is 1. The summed E-state index contributed by atoms with van der Waals surface area (Å²) in [7, 11) is 0. The van der Waals surface area contributed by atoms with Crippen LogP contribution in [0, 0.1) is 0 Å². The molecule has 0 unspecified atom stereocenters. The summed E-state index contributed by atoms with van der Waals surface area (Å²) in [4.78, 5) is 14.3. The Balaban J connectivity index is 2.55. The summed E-state index contributed by atoms with van der Waals surface area (Å²) >= 11 is 6.81. The van der Waals surface area contributed by atoms with Crippen molar-refractivity contribution in [3.8, 4) is 0 Å². The molecule has 116 valence electrons. The molecule has 0 saturated heterocycles. The largest absolute Gasteiger partial charge is 0.358 e. The maximum atomic E-state index is 12.2. The highest BCUT2D eigenvalue weighted by atomic mass is 32.2. The van der Waals surface area contributed by atoms with Gasteiger partial charge in [0, 0.05) is 18.8 Å². The lowest BCUT2D eigenvalue weighted by atomic mass is 10.1. The van der Waals surface area contributed by atoms with E-state index in [0.29, 0.717) is 0 Å². The Morgan fingerprint density at radius 3 is 2.29 bits per heavy atom. The van der Waals surface area contributed by atoms with Crippen molar-refractivity contribution in [2.75, 3.05) is 18.4 Å². The molecule has 0 radical (unpaired) electrons. The van der Waals surface area contributed by atoms with Gasteiger partial charge in [-0.25, -0.2) is 0 Å². The molecular formula is C16H24N2OS2. The van der Waals surface area contributed by atoms with Crippen molar-refractivity contribution in [1.82, 2.24) is 4.90 Å². The summed E-state index contributed by atoms with van der Waals surface area (Å²) in [5.74, 6) is -0.0150. The van der Waals surface area contributed by atoms with Gasteiger partial charge in [0.05, 0.1) is 5.25 Å². The zero-order chi connectivity index (χ0) is 15.8. The quantitative estimate of drug-likeness (QED) is 0.804. The molecule has 5 heteroatoms. The Bertz CT molecular complexity index is 470. The molecule has 0 saturated carbocycles. The summed E-state index contributed by atoms with van der Waals surface area (Å²) in [6.45, 7) is 9.87. The molecule has 21 heavy (non-hydrogen) atoms. The first-order valence-corrected chi connectivity index (χ1v) is 8.65. The molecule has 1 amide bonds. The molecular weight excluding hydrogens is 300 g/mol. The number of nitrogens with one attached hydrogen (secondary N) is 1. The third-order valence-electron chi connectivity index (χ3n) is 3.30. The Morgan fingerprint density at radius 1 is 1.24 bits per heavy atom. The minimum Gasteiger partial charge on any atom is -0.358 e. The zero-order valence-corrected chi connectivity index (χ0v) is 14.8. The number of carbonyl (C=O) groups excluding carboxylic acids is 1. The first-order chi connectivity index (χ1) is 10.0. The fourth-order valence-electron chi connectivity index (χ4n) is 1.83. The summed E-state index contributed by atoms with van der Waals surface area (Å²) < 4.78 is 0.781. The lowest BCUT2D eigenvalue weighted by Crippen LogP contribution is -2.31. The van der Waals surface area contributed by atoms with Gasteiger partial charge in [0.2, 0.25) is 5.91 Å². The maximum Gasteiger partial charge on any atom is 0.237 e. The third-order valence-corrected chi connectivity index (χ3v) is 4.87. The van der Waals surface area contributed by atoms with E-state index in [0.717, 1.165) is 29.5 Å². The van der Waals surface area contributed by atoms with Crippen molar-refractivity contribution in [3.05, 3.63) is 29.8 Å². The Kier molecular flexibility index (Phi) is 7.75. The van der Waals surface area contributed by atoms with Crippen LogP contribution in [0.4, 0.5) is 5.69 Å². The molecule has 0 aliphatic carbocycles. The monoisotopic (exact) mass is 324 g/mol. The highest BCUT2D eigenvalue weighted by Crippen LogP contribution is 2.18. The lowest BCUT2D eigenvalue weighted by Gasteiger charge is -2.22. The van der Waals surface area contributed by atoms with Gasteiger partial charge < -0.3 is 10.2 Å². The van der Waals surface area contributed by atoms with Gasteiger partial charge >= 0.3 is 0 Å². The zero-order valence-electron chi connectivity index (χ0n) is 13.2. The van der Waals surface area contributed by atoms with Crippen LogP contribution in [0.1, 0.15) is 33.3 Å². The van der Waals surface area contributed by atoms with Crippen LogP contribution >= 0.6 is 24.0 Å². The molecule has 0 aliphatic rings. The van der Waals surface area contributed by atoms with Crippen LogP contribution in [0.15, 0.2) is 24.3 Å². The molecule has 1 atom stereocenters. The van der Waals surface area contributed by atoms with Crippen LogP contribution in [-0.4, -0.2) is 33.5 Å². The average molecular weight is 325 g/mol. The summed E-state index contributed by atoms with van der Waals surface area (Å²) in [5.41, 5.74) is 2.09. The Hall–Kier alpha value is -1.07. The minimum absolute atomic E-state index is 0.0150. The van der Waals surface area contributed by atoms with E-state index in [1.54, 1.807) is 0 Å². The first kappa shape index (κ1) is 18.0. The van der Waals surface area contributed by atoms with E-state index < -0.39 is 0 Å². The van der Waals surface area contributed by atoms with Gasteiger partial charge in [0.1, 0.15) is 4.32 Å². The van der Waals surface area contributed by atoms with Crippen LogP contribution in [-0.2, 0) is 11.2 Å². The third kappa shape index (κ3) is 5.67. The predicted molar refractivity (Wildman–Crippen MR) is 97.0 cm³/mol. The molecule has 0 spiro atoms. The van der Waals surface area contributed by atoms with Gasteiger partial charge in [0.25, 0.3) is 0 Å². The number of thioether (sulfide) groups is 1. The van der Waals surface area contributed by atoms with Gasteiger partial charge in [-0.2, -0.15) is 0 Å². The Morgan fingerprint density at radius 2 is 1.81 bits per heavy atom. The number of hydrogen-bond acceptors (Lipinski definition) is 3. The normalized spacial score (nSPS) is 11.8. The van der Waals surface area contributed by atoms with E-state index in [1.165, 1.54) is 17.3 Å². The van der Waals surface area contributed by atoms with E-state index in [-0.39, 0.29) is 11.2 Å². The van der Waals surface area contributed by atoms with E-state index in [9.17, 15) is 4.79 Å². The second-order valence-electron chi connectivity index (χ2n) is 4.74. The van der Waals surface area contributed by atoms with Crippen molar-refractivity contribution in [1.29, 1.82) is 0 Å². The van der Waals surface area contributed by atoms with E-state index >= 15 is 0 Å². The summed E-state index contributed by atoms with van der Waals surface area (Å²) in [6, 6.07) is 7.95. The van der Waals surface area contributed by atoms with Crippen molar-refractivity contribution in [2.24, 2.45) is 0 Å². The number of anilines is 1. The van der Waals surface area contributed by atoms with Crippen LogP contribution in [0.25, 0.3) is 0 Å². The molecule has 0 aromatic heterocycles. The number of amides is 1. The predicted octanol–water partition coefficient (Wildman–Crippen LogP) is 3.94. The molecule has 1 N–H and O–H groups in total. The van der Waals surface area contributed by atoms with E-state index in [1.807, 2.05) is 31.2 Å². The molecule has 1 aromatic rings. The van der Waals surface area contributed by atoms with Crippen LogP contribution < -0.4 is 5.32 Å². The number of carbonyl (C=O) groups is 1. The first-order valence-electron chi connectivity index (χ1n) is 7.37. The lowest BCUT2D eigenvalue weighted by molar-refractivity contribution is -0.115. The van der Waals surface area contributed by atoms with Crippen molar-refractivity contribution < 1.29 is 4.79 Å². The fraction of sp³-hybridized carbons (Fsp3) is 0.500. The SMILES string of the molecule is CCc1ccc(NC(=O)[C@H](C)SC(=S)N(CC)CC)cc1. The summed E-state index contributed by atoms with van der Waals surface area (Å²) in [6.07, 6.45) is 0.999. The van der Waals surface area contributed by atoms with Gasteiger partial charge in [-0.05, 0) is 44.9 Å². The number of benzene rings is 1. The standard InChI is InChI=1S/C16H24N2OS2/c1-5-13-8-10-14(11-9-13)17-15(19)12(4)21-16(20)18(6-2)7-3/h8-12H,5-7H2,1-4H3,(H,17,19)/t12-/m0/s1. The minimum atomic E-state index is -0.205. The molecule has 1 aromatic carbocycles. The van der Waals surface area contributed by atoms with Crippen molar-refractivity contribution in [3.63, 3.8) is 0 Å². The number of rotatable bonds is 6. The molecule has 0 heterocycles. The van der Waals surface area contributed by atoms with Crippen molar-refractivity contribution in [2.45, 2.75) is 39.4 Å². The van der Waals surface area contributed by atoms with Crippen LogP contribution in [0.2, 0.25) is 0 Å². The second kappa shape index (κ2) is 9.05. The van der Waals surface area contributed by atoms with Crippen molar-refractivity contribution >= 4 is 39.9 Å². The second-order valence-corrected chi connectivity index (χ2v) is 6.71. The van der Waals surface area contributed by atoms with E-state index in [4.69, 9.17) is 12.2 Å². The van der Waals surface area contributed by atoms with Gasteiger partial charge in [-0.1, -0.05) is 43.0 Å². The number of hydrogen-bond donors (Lipinski definition) is 1. The van der Waals surface area contributed by atoms with Gasteiger partial charge in [0.15, 0.2) is 0 Å². The van der Waals surface area contributed by atoms with Gasteiger partial charge in [-0.3, -0.25) is 4.79 Å². The Labute approximate surface area is 137 Å². The van der Waals surface area contributed by atoms with Gasteiger partial charge in [-0.15, -0.1) is 0 Å². The fourth-order valence-corrected chi connectivity index (χ4v) is 3.40. The highest BCUT2D eigenvalue weighted by molar-refractivity contribution is 8.23. The molecule has 0 bridgehead atoms. The molecule has 3 nitrogen and oxygen atoms in total. The topological polar surface area (TPSA) is 32.3 Å². The number of aryl methyl sites for hydroxylation is 1. The molecule has 0 aliphatic heterocycles. The highest BCUT2D eigenvalue weighted by Gasteiger charge is 2.18. The number of nitrogens with zero attached hydrogens (tertiary/aromatic N) is 1. The van der Waals surface area contributed by atoms with E-state index in [2.05, 4.69) is 31.0 Å². The average Bonchev–Trinajstić information content (AvgIpc) is 2.49.